The van der Waals surface area contributed by atoms with Crippen LogP contribution in [-0.4, -0.2) is 121 Å². The Morgan fingerprint density at radius 2 is 1.95 bits per heavy atom. The molecule has 2 bridgehead atoms. The highest BCUT2D eigenvalue weighted by atomic mass is 35.5. The van der Waals surface area contributed by atoms with Crippen LogP contribution in [0.15, 0.2) is 59.1 Å². The van der Waals surface area contributed by atoms with Crippen molar-refractivity contribution in [1.29, 1.82) is 0 Å². The fraction of sp³-hybridized carbons (Fsp3) is 0.568. The molecule has 59 heavy (non-hydrogen) atoms. The highest BCUT2D eigenvalue weighted by Gasteiger charge is 2.44. The number of hydrogen-bond donors (Lipinski definition) is 1. The molecule has 0 unspecified atom stereocenters. The Kier molecular flexibility index (Phi) is 12.4. The molecular formula is C44H58ClN7O6S. The molecule has 2 aromatic carbocycles. The minimum absolute atomic E-state index is 0.0372. The van der Waals surface area contributed by atoms with Gasteiger partial charge in [-0.1, -0.05) is 36.7 Å². The third-order valence-corrected chi connectivity index (χ3v) is 15.3. The summed E-state index contributed by atoms with van der Waals surface area (Å²) in [6.45, 7) is 9.65. The van der Waals surface area contributed by atoms with E-state index in [1.165, 1.54) is 29.1 Å². The number of rotatable bonds is 7. The van der Waals surface area contributed by atoms with Gasteiger partial charge in [0.05, 0.1) is 37.9 Å². The van der Waals surface area contributed by atoms with E-state index in [4.69, 9.17) is 25.8 Å². The van der Waals surface area contributed by atoms with Crippen LogP contribution in [-0.2, 0) is 33.5 Å². The maximum atomic E-state index is 14.8. The second kappa shape index (κ2) is 17.6. The number of fused-ring (bicyclic) bond motifs is 4. The Bertz CT molecular complexity index is 2200. The highest BCUT2D eigenvalue weighted by Crippen LogP contribution is 2.47. The molecule has 1 spiro atoms. The summed E-state index contributed by atoms with van der Waals surface area (Å²) in [4.78, 5) is 35.1. The van der Waals surface area contributed by atoms with Gasteiger partial charge in [-0.25, -0.2) is 4.21 Å². The molecule has 8 rings (SSSR count). The van der Waals surface area contributed by atoms with Crippen LogP contribution < -0.4 is 19.1 Å². The standard InChI is InChI=1S/C44H58ClN7O6S/c1-30-7-5-9-39(57-22-21-51-19-17-49(2)18-20-51)35-13-10-33(35)25-52-28-44(16-6-8-31-23-34(45)12-14-37(31)44)29-58-40-15-11-32(24-38(40)52)41(53)47-59(55,27-30)48-42(54)36-26-50(3)46-43(36)56-4/h5,9,11-12,14-15,23-24,26,30,33,35,39H,6-8,10,13,16-22,25,27-29H2,1-4H3,(H,47,48,53,54,55)/b9-5+/t30-,33-,35+,39-,44-,59-/m0/s1. The first-order valence-corrected chi connectivity index (χ1v) is 23.2. The summed E-state index contributed by atoms with van der Waals surface area (Å²) in [7, 11) is 1.63. The first kappa shape index (κ1) is 41.8. The van der Waals surface area contributed by atoms with Gasteiger partial charge >= 0.3 is 0 Å². The molecule has 2 aliphatic carbocycles. The quantitative estimate of drug-likeness (QED) is 0.293. The molecule has 1 N–H and O–H groups in total. The monoisotopic (exact) mass is 847 g/mol. The number of halogens is 1. The number of likely N-dealkylation sites (N-methyl/N-ethyl adjacent to an activating group) is 1. The molecule has 4 heterocycles. The van der Waals surface area contributed by atoms with Gasteiger partial charge in [-0.15, -0.1) is 9.46 Å². The molecule has 13 nitrogen and oxygen atoms in total. The fourth-order valence-electron chi connectivity index (χ4n) is 9.66. The number of piperazine rings is 1. The molecular weight excluding hydrogens is 790 g/mol. The van der Waals surface area contributed by atoms with Crippen molar-refractivity contribution in [2.75, 3.05) is 83.8 Å². The number of carbonyl (C=O) groups excluding carboxylic acids is 2. The minimum Gasteiger partial charge on any atom is -0.490 e. The van der Waals surface area contributed by atoms with Gasteiger partial charge < -0.3 is 24.0 Å². The van der Waals surface area contributed by atoms with E-state index in [0.29, 0.717) is 43.8 Å². The van der Waals surface area contributed by atoms with Gasteiger partial charge in [0, 0.05) is 75.1 Å². The maximum absolute atomic E-state index is 14.8. The molecule has 3 aliphatic heterocycles. The lowest BCUT2D eigenvalue weighted by molar-refractivity contribution is -0.0235. The first-order chi connectivity index (χ1) is 28.4. The first-order valence-electron chi connectivity index (χ1n) is 21.1. The number of aromatic nitrogens is 2. The second-order valence-electron chi connectivity index (χ2n) is 17.4. The number of ether oxygens (including phenoxy) is 3. The Hall–Kier alpha value is -3.95. The van der Waals surface area contributed by atoms with E-state index in [9.17, 15) is 13.8 Å². The Balaban J connectivity index is 1.16. The number of nitrogens with zero attached hydrogens (tertiary/aromatic N) is 6. The summed E-state index contributed by atoms with van der Waals surface area (Å²) in [6, 6.07) is 11.6. The van der Waals surface area contributed by atoms with Crippen LogP contribution in [0.1, 0.15) is 70.9 Å². The predicted molar refractivity (Wildman–Crippen MR) is 230 cm³/mol. The van der Waals surface area contributed by atoms with E-state index in [2.05, 4.69) is 60.2 Å². The normalized spacial score (nSPS) is 29.6. The van der Waals surface area contributed by atoms with E-state index in [1.54, 1.807) is 13.1 Å². The highest BCUT2D eigenvalue weighted by molar-refractivity contribution is 7.92. The average molecular weight is 849 g/mol. The van der Waals surface area contributed by atoms with Gasteiger partial charge in [-0.2, -0.15) is 0 Å². The van der Waals surface area contributed by atoms with E-state index in [0.717, 1.165) is 82.1 Å². The molecule has 3 aromatic rings. The van der Waals surface area contributed by atoms with Gasteiger partial charge in [0.1, 0.15) is 21.2 Å². The van der Waals surface area contributed by atoms with Crippen molar-refractivity contribution in [1.82, 2.24) is 24.3 Å². The SMILES string of the molecule is COc1nn(C)cc1C(=O)N[S@@]1(=O)=NC(=O)c2ccc3c(c2)N(C[C@@H]2CC[C@H]2[C@@H](OCCN2CCN(C)CC2)/C=C/C[C@H](C)C1)C[C@@]1(CCCc2cc(Cl)ccc21)CO3. The lowest BCUT2D eigenvalue weighted by Gasteiger charge is -2.46. The van der Waals surface area contributed by atoms with Gasteiger partial charge in [0.2, 0.25) is 5.88 Å². The van der Waals surface area contributed by atoms with E-state index < -0.39 is 21.7 Å². The van der Waals surface area contributed by atoms with Crippen molar-refractivity contribution in [3.8, 4) is 11.6 Å². The number of nitrogens with one attached hydrogen (secondary N) is 1. The summed E-state index contributed by atoms with van der Waals surface area (Å²) >= 11 is 6.52. The average Bonchev–Trinajstić information content (AvgIpc) is 3.51. The van der Waals surface area contributed by atoms with Crippen LogP contribution in [0.4, 0.5) is 5.69 Å². The molecule has 318 valence electrons. The van der Waals surface area contributed by atoms with Gasteiger partial charge in [-0.3, -0.25) is 23.9 Å². The lowest BCUT2D eigenvalue weighted by atomic mass is 9.68. The molecule has 0 radical (unpaired) electrons. The molecule has 15 heteroatoms. The maximum Gasteiger partial charge on any atom is 0.286 e. The number of aryl methyl sites for hydroxylation is 2. The smallest absolute Gasteiger partial charge is 0.286 e. The van der Waals surface area contributed by atoms with Crippen LogP contribution in [0.3, 0.4) is 0 Å². The van der Waals surface area contributed by atoms with Crippen molar-refractivity contribution in [3.63, 3.8) is 0 Å². The number of hydrogen-bond acceptors (Lipinski definition) is 10. The van der Waals surface area contributed by atoms with Crippen molar-refractivity contribution < 1.29 is 28.0 Å². The number of anilines is 1. The summed E-state index contributed by atoms with van der Waals surface area (Å²) in [5, 5.41) is 4.92. The zero-order chi connectivity index (χ0) is 41.3. The number of benzene rings is 2. The Morgan fingerprint density at radius 3 is 2.73 bits per heavy atom. The summed E-state index contributed by atoms with van der Waals surface area (Å²) in [6.07, 6.45) is 11.4. The zero-order valence-corrected chi connectivity index (χ0v) is 36.3. The number of allylic oxidation sites excluding steroid dienone is 1. The van der Waals surface area contributed by atoms with E-state index >= 15 is 0 Å². The van der Waals surface area contributed by atoms with Crippen molar-refractivity contribution in [2.45, 2.75) is 57.0 Å². The van der Waals surface area contributed by atoms with Gasteiger partial charge in [0.15, 0.2) is 0 Å². The predicted octanol–water partition coefficient (Wildman–Crippen LogP) is 5.76. The van der Waals surface area contributed by atoms with Crippen molar-refractivity contribution >= 4 is 39.0 Å². The topological polar surface area (TPSA) is 131 Å². The van der Waals surface area contributed by atoms with E-state index in [-0.39, 0.29) is 40.2 Å². The molecule has 5 aliphatic rings. The summed E-state index contributed by atoms with van der Waals surface area (Å²) in [5.41, 5.74) is 3.44. The van der Waals surface area contributed by atoms with Crippen LogP contribution in [0.25, 0.3) is 0 Å². The van der Waals surface area contributed by atoms with Crippen molar-refractivity contribution in [2.24, 2.45) is 29.2 Å². The third kappa shape index (κ3) is 9.22. The molecule has 2 amide bonds. The van der Waals surface area contributed by atoms with Crippen LogP contribution in [0.5, 0.6) is 11.6 Å². The van der Waals surface area contributed by atoms with Crippen LogP contribution in [0.2, 0.25) is 5.02 Å². The summed E-state index contributed by atoms with van der Waals surface area (Å²) in [5.74, 6) is -0.130. The van der Waals surface area contributed by atoms with Crippen LogP contribution in [0, 0.1) is 17.8 Å². The second-order valence-corrected chi connectivity index (χ2v) is 19.8. The molecule has 1 saturated carbocycles. The van der Waals surface area contributed by atoms with Crippen LogP contribution >= 0.6 is 11.6 Å². The zero-order valence-electron chi connectivity index (χ0n) is 34.7. The molecule has 6 atom stereocenters. The fourth-order valence-corrected chi connectivity index (χ4v) is 11.7. The van der Waals surface area contributed by atoms with Gasteiger partial charge in [0.25, 0.3) is 11.8 Å². The Morgan fingerprint density at radius 1 is 1.12 bits per heavy atom. The summed E-state index contributed by atoms with van der Waals surface area (Å²) < 4.78 is 42.1. The molecule has 1 aromatic heterocycles. The number of amides is 2. The van der Waals surface area contributed by atoms with E-state index in [1.807, 2.05) is 25.1 Å². The Labute approximate surface area is 353 Å². The third-order valence-electron chi connectivity index (χ3n) is 13.0. The molecule has 1 saturated heterocycles. The lowest BCUT2D eigenvalue weighted by Crippen LogP contribution is -2.50. The van der Waals surface area contributed by atoms with Gasteiger partial charge in [-0.05, 0) is 105 Å². The largest absolute Gasteiger partial charge is 0.490 e. The minimum atomic E-state index is -3.63. The van der Waals surface area contributed by atoms with Crippen molar-refractivity contribution in [3.05, 3.63) is 82.0 Å². The molecule has 2 fully saturated rings. The number of methoxy groups -OCH3 is 1. The number of carbonyl (C=O) groups is 2.